The van der Waals surface area contributed by atoms with E-state index in [0.29, 0.717) is 18.8 Å². The predicted octanol–water partition coefficient (Wildman–Crippen LogP) is 3.39. The summed E-state index contributed by atoms with van der Waals surface area (Å²) >= 11 is 0. The monoisotopic (exact) mass is 281 g/mol. The lowest BCUT2D eigenvalue weighted by molar-refractivity contribution is 0.232. The zero-order valence-electron chi connectivity index (χ0n) is 11.8. The van der Waals surface area contributed by atoms with Crippen LogP contribution >= 0.6 is 0 Å². The van der Waals surface area contributed by atoms with E-state index in [1.165, 1.54) is 5.56 Å². The van der Waals surface area contributed by atoms with E-state index in [2.05, 4.69) is 22.4 Å². The van der Waals surface area contributed by atoms with Gasteiger partial charge in [-0.3, -0.25) is 10.7 Å². The molecule has 0 saturated carbocycles. The fourth-order valence-corrected chi connectivity index (χ4v) is 1.85. The minimum atomic E-state index is 0.429. The summed E-state index contributed by atoms with van der Waals surface area (Å²) in [6.45, 7) is 4.65. The molecule has 0 heterocycles. The fraction of sp³-hybridized carbons (Fsp3) is 0.118. The van der Waals surface area contributed by atoms with E-state index in [4.69, 9.17) is 0 Å². The Morgan fingerprint density at radius 3 is 2.24 bits per heavy atom. The number of rotatable bonds is 6. The van der Waals surface area contributed by atoms with E-state index in [-0.39, 0.29) is 0 Å². The first kappa shape index (κ1) is 14.8. The quantitative estimate of drug-likeness (QED) is 0.432. The molecule has 0 aromatic heterocycles. The van der Waals surface area contributed by atoms with Gasteiger partial charge in [-0.1, -0.05) is 55.1 Å². The zero-order chi connectivity index (χ0) is 14.9. The molecule has 2 aromatic carbocycles. The van der Waals surface area contributed by atoms with E-state index in [9.17, 15) is 5.21 Å². The van der Waals surface area contributed by atoms with Crippen LogP contribution in [0.25, 0.3) is 0 Å². The maximum Gasteiger partial charge on any atom is 0.132 e. The van der Waals surface area contributed by atoms with Crippen molar-refractivity contribution in [1.29, 1.82) is 0 Å². The number of hydroxylamine groups is 1. The summed E-state index contributed by atoms with van der Waals surface area (Å²) in [5.41, 5.74) is 4.88. The van der Waals surface area contributed by atoms with E-state index < -0.39 is 0 Å². The summed E-state index contributed by atoms with van der Waals surface area (Å²) in [5, 5.41) is 12.4. The minimum Gasteiger partial charge on any atom is -0.384 e. The molecule has 2 rings (SSSR count). The topological polar surface area (TPSA) is 56.7 Å². The van der Waals surface area contributed by atoms with Crippen molar-refractivity contribution in [3.63, 3.8) is 0 Å². The number of nitrogens with one attached hydrogen (secondary N) is 2. The van der Waals surface area contributed by atoms with Gasteiger partial charge in [0.25, 0.3) is 0 Å². The maximum absolute atomic E-state index is 9.17. The van der Waals surface area contributed by atoms with E-state index in [1.54, 1.807) is 0 Å². The first-order valence-electron chi connectivity index (χ1n) is 6.76. The van der Waals surface area contributed by atoms with E-state index >= 15 is 0 Å². The van der Waals surface area contributed by atoms with Crippen molar-refractivity contribution in [3.05, 3.63) is 78.5 Å². The molecule has 0 fully saturated rings. The Morgan fingerprint density at radius 1 is 1.00 bits per heavy atom. The van der Waals surface area contributed by atoms with Gasteiger partial charge in [0, 0.05) is 18.7 Å². The number of aliphatic imine (C=N–C) groups is 1. The average molecular weight is 281 g/mol. The Kier molecular flexibility index (Phi) is 5.55. The van der Waals surface area contributed by atoms with Crippen LogP contribution in [0.3, 0.4) is 0 Å². The molecule has 0 unspecified atom stereocenters. The second-order valence-electron chi connectivity index (χ2n) is 4.63. The van der Waals surface area contributed by atoms with Gasteiger partial charge in [-0.2, -0.15) is 0 Å². The normalized spacial score (nSPS) is 11.0. The number of hydrogen-bond donors (Lipinski definition) is 3. The molecule has 4 nitrogen and oxygen atoms in total. The van der Waals surface area contributed by atoms with Crippen molar-refractivity contribution in [2.75, 3.05) is 0 Å². The first-order valence-corrected chi connectivity index (χ1v) is 6.76. The zero-order valence-corrected chi connectivity index (χ0v) is 11.8. The largest absolute Gasteiger partial charge is 0.384 e. The Balaban J connectivity index is 1.90. The first-order chi connectivity index (χ1) is 10.3. The molecule has 0 saturated heterocycles. The smallest absolute Gasteiger partial charge is 0.132 e. The van der Waals surface area contributed by atoms with Crippen LogP contribution in [0.15, 0.2) is 77.9 Å². The molecule has 0 amide bonds. The number of benzene rings is 2. The third-order valence-corrected chi connectivity index (χ3v) is 2.92. The van der Waals surface area contributed by atoms with Gasteiger partial charge >= 0.3 is 0 Å². The molecule has 0 aliphatic carbocycles. The van der Waals surface area contributed by atoms with Crippen molar-refractivity contribution < 1.29 is 5.21 Å². The summed E-state index contributed by atoms with van der Waals surface area (Å²) in [7, 11) is 0. The van der Waals surface area contributed by atoms with Crippen molar-refractivity contribution in [2.45, 2.75) is 13.0 Å². The standard InChI is InChI=1S/C17H19N3O/c1-14(18-13-15-8-4-2-5-9-15)12-17(20-21)19-16-10-6-3-7-11-16/h2-11,18,21H,1,12-13H2,(H,19,20). The Morgan fingerprint density at radius 2 is 1.62 bits per heavy atom. The molecule has 2 aromatic rings. The molecular formula is C17H19N3O. The van der Waals surface area contributed by atoms with E-state index in [1.807, 2.05) is 60.7 Å². The molecule has 0 radical (unpaired) electrons. The predicted molar refractivity (Wildman–Crippen MR) is 85.5 cm³/mol. The second-order valence-corrected chi connectivity index (χ2v) is 4.63. The van der Waals surface area contributed by atoms with Crippen molar-refractivity contribution >= 4 is 11.5 Å². The highest BCUT2D eigenvalue weighted by atomic mass is 16.5. The van der Waals surface area contributed by atoms with Crippen molar-refractivity contribution in [2.24, 2.45) is 4.99 Å². The van der Waals surface area contributed by atoms with Gasteiger partial charge in [0.15, 0.2) is 0 Å². The lowest BCUT2D eigenvalue weighted by atomic mass is 10.2. The van der Waals surface area contributed by atoms with Crippen LogP contribution < -0.4 is 10.8 Å². The number of nitrogens with zero attached hydrogens (tertiary/aromatic N) is 1. The summed E-state index contributed by atoms with van der Waals surface area (Å²) in [4.78, 5) is 4.33. The van der Waals surface area contributed by atoms with Crippen LogP contribution in [0.1, 0.15) is 12.0 Å². The fourth-order valence-electron chi connectivity index (χ4n) is 1.85. The van der Waals surface area contributed by atoms with Gasteiger partial charge < -0.3 is 5.32 Å². The Hall–Kier alpha value is -2.59. The highest BCUT2D eigenvalue weighted by molar-refractivity contribution is 5.85. The van der Waals surface area contributed by atoms with Crippen LogP contribution in [-0.4, -0.2) is 11.0 Å². The van der Waals surface area contributed by atoms with Crippen LogP contribution in [-0.2, 0) is 6.54 Å². The molecule has 0 atom stereocenters. The summed E-state index contributed by atoms with van der Waals surface area (Å²) in [6.07, 6.45) is 0.429. The summed E-state index contributed by atoms with van der Waals surface area (Å²) in [5.74, 6) is 0.451. The van der Waals surface area contributed by atoms with Gasteiger partial charge in [0.1, 0.15) is 5.84 Å². The molecule has 0 bridgehead atoms. The third-order valence-electron chi connectivity index (χ3n) is 2.92. The lowest BCUT2D eigenvalue weighted by Crippen LogP contribution is -2.23. The van der Waals surface area contributed by atoms with Gasteiger partial charge in [0.05, 0.1) is 5.69 Å². The second kappa shape index (κ2) is 7.87. The number of para-hydroxylation sites is 1. The SMILES string of the molecule is C=C(CC(=Nc1ccccc1)NO)NCc1ccccc1. The van der Waals surface area contributed by atoms with Gasteiger partial charge in [-0.25, -0.2) is 4.99 Å². The van der Waals surface area contributed by atoms with Crippen molar-refractivity contribution in [1.82, 2.24) is 10.8 Å². The summed E-state index contributed by atoms with van der Waals surface area (Å²) < 4.78 is 0. The molecule has 0 spiro atoms. The minimum absolute atomic E-state index is 0.429. The van der Waals surface area contributed by atoms with Gasteiger partial charge in [-0.05, 0) is 17.7 Å². The lowest BCUT2D eigenvalue weighted by Gasteiger charge is -2.11. The maximum atomic E-state index is 9.17. The molecule has 21 heavy (non-hydrogen) atoms. The van der Waals surface area contributed by atoms with Crippen LogP contribution in [0.4, 0.5) is 5.69 Å². The highest BCUT2D eigenvalue weighted by Crippen LogP contribution is 2.11. The third kappa shape index (κ3) is 5.12. The van der Waals surface area contributed by atoms with Crippen molar-refractivity contribution in [3.8, 4) is 0 Å². The van der Waals surface area contributed by atoms with Crippen LogP contribution in [0.2, 0.25) is 0 Å². The molecule has 0 aliphatic rings. The van der Waals surface area contributed by atoms with Gasteiger partial charge in [-0.15, -0.1) is 0 Å². The number of hydrogen-bond acceptors (Lipinski definition) is 3. The Bertz CT molecular complexity index is 594. The molecule has 4 heteroatoms. The van der Waals surface area contributed by atoms with Gasteiger partial charge in [0.2, 0.25) is 0 Å². The molecule has 108 valence electrons. The van der Waals surface area contributed by atoms with E-state index in [0.717, 1.165) is 11.4 Å². The van der Waals surface area contributed by atoms with Crippen LogP contribution in [0, 0.1) is 0 Å². The molecular weight excluding hydrogens is 262 g/mol. The Labute approximate surface area is 124 Å². The summed E-state index contributed by atoms with van der Waals surface area (Å²) in [6, 6.07) is 19.5. The molecule has 0 aliphatic heterocycles. The van der Waals surface area contributed by atoms with Crippen LogP contribution in [0.5, 0.6) is 0 Å². The highest BCUT2D eigenvalue weighted by Gasteiger charge is 2.02. The number of amidine groups is 1. The molecule has 3 N–H and O–H groups in total. The average Bonchev–Trinajstić information content (AvgIpc) is 2.54.